The number of thiophene rings is 1. The molecule has 0 saturated carbocycles. The minimum atomic E-state index is -0.124. The minimum Gasteiger partial charge on any atom is -0.339 e. The molecule has 1 aliphatic heterocycles. The van der Waals surface area contributed by atoms with Gasteiger partial charge in [0, 0.05) is 47.0 Å². The van der Waals surface area contributed by atoms with Crippen LogP contribution in [0.15, 0.2) is 47.2 Å². The first-order valence-corrected chi connectivity index (χ1v) is 12.2. The maximum atomic E-state index is 12.7. The number of thiazole rings is 1. The number of anilines is 1. The zero-order valence-corrected chi connectivity index (χ0v) is 19.5. The van der Waals surface area contributed by atoms with Gasteiger partial charge in [-0.1, -0.05) is 17.7 Å². The number of hydrogen-bond acceptors (Lipinski definition) is 6. The lowest BCUT2D eigenvalue weighted by molar-refractivity contribution is -0.132. The molecule has 0 aliphatic carbocycles. The summed E-state index contributed by atoms with van der Waals surface area (Å²) in [5, 5.41) is 7.59. The number of piperazine rings is 1. The minimum absolute atomic E-state index is 0.0367. The van der Waals surface area contributed by atoms with Gasteiger partial charge in [0.15, 0.2) is 5.13 Å². The van der Waals surface area contributed by atoms with E-state index in [1.165, 1.54) is 22.7 Å². The summed E-state index contributed by atoms with van der Waals surface area (Å²) < 4.78 is 0. The van der Waals surface area contributed by atoms with Crippen molar-refractivity contribution < 1.29 is 14.4 Å². The summed E-state index contributed by atoms with van der Waals surface area (Å²) in [6.45, 7) is 1.92. The average molecular weight is 489 g/mol. The highest BCUT2D eigenvalue weighted by Crippen LogP contribution is 2.18. The van der Waals surface area contributed by atoms with Gasteiger partial charge in [0.05, 0.1) is 18.5 Å². The van der Waals surface area contributed by atoms with Crippen LogP contribution in [0.3, 0.4) is 0 Å². The molecule has 1 aliphatic rings. The van der Waals surface area contributed by atoms with Crippen LogP contribution >= 0.6 is 34.3 Å². The van der Waals surface area contributed by atoms with Crippen LogP contribution in [-0.2, 0) is 22.4 Å². The molecule has 4 rings (SSSR count). The van der Waals surface area contributed by atoms with E-state index in [-0.39, 0.29) is 24.1 Å². The zero-order valence-electron chi connectivity index (χ0n) is 17.1. The first kappa shape index (κ1) is 22.4. The number of rotatable bonds is 6. The summed E-state index contributed by atoms with van der Waals surface area (Å²) in [6, 6.07) is 10.6. The van der Waals surface area contributed by atoms with Crippen LogP contribution in [0.25, 0.3) is 0 Å². The van der Waals surface area contributed by atoms with E-state index < -0.39 is 0 Å². The summed E-state index contributed by atoms with van der Waals surface area (Å²) in [5.74, 6) is -0.220. The number of benzene rings is 1. The molecule has 0 unspecified atom stereocenters. The van der Waals surface area contributed by atoms with Crippen LogP contribution in [0.5, 0.6) is 0 Å². The molecule has 0 atom stereocenters. The van der Waals surface area contributed by atoms with Crippen molar-refractivity contribution in [2.75, 3.05) is 31.5 Å². The molecule has 0 radical (unpaired) electrons. The number of hydrogen-bond donors (Lipinski definition) is 1. The Labute approximate surface area is 198 Å². The van der Waals surface area contributed by atoms with E-state index in [1.54, 1.807) is 39.4 Å². The predicted molar refractivity (Wildman–Crippen MR) is 126 cm³/mol. The molecular weight excluding hydrogens is 468 g/mol. The predicted octanol–water partition coefficient (Wildman–Crippen LogP) is 3.57. The molecule has 32 heavy (non-hydrogen) atoms. The molecule has 1 fully saturated rings. The maximum Gasteiger partial charge on any atom is 0.253 e. The molecule has 0 spiro atoms. The fraction of sp³-hybridized carbons (Fsp3) is 0.273. The molecule has 166 valence electrons. The van der Waals surface area contributed by atoms with Crippen molar-refractivity contribution in [3.63, 3.8) is 0 Å². The number of nitrogens with zero attached hydrogens (tertiary/aromatic N) is 3. The second-order valence-corrected chi connectivity index (χ2v) is 9.63. The Bertz CT molecular complexity index is 1090. The zero-order chi connectivity index (χ0) is 22.5. The van der Waals surface area contributed by atoms with E-state index >= 15 is 0 Å². The second-order valence-electron chi connectivity index (χ2n) is 7.30. The molecule has 1 N–H and O–H groups in total. The Kier molecular flexibility index (Phi) is 7.19. The fourth-order valence-electron chi connectivity index (χ4n) is 3.38. The average Bonchev–Trinajstić information content (AvgIpc) is 3.46. The summed E-state index contributed by atoms with van der Waals surface area (Å²) in [6.07, 6.45) is 0.479. The van der Waals surface area contributed by atoms with E-state index in [2.05, 4.69) is 10.3 Å². The first-order valence-electron chi connectivity index (χ1n) is 10.1. The topological polar surface area (TPSA) is 82.6 Å². The normalized spacial score (nSPS) is 13.8. The van der Waals surface area contributed by atoms with E-state index in [0.29, 0.717) is 54.0 Å². The van der Waals surface area contributed by atoms with Crippen molar-refractivity contribution in [3.8, 4) is 0 Å². The van der Waals surface area contributed by atoms with E-state index in [9.17, 15) is 14.4 Å². The standard InChI is InChI=1S/C22H21ClN4O3S2/c23-16-5-3-15(4-6-16)21(30)27-9-7-26(8-10-27)20(29)12-17-14-32-22(24-17)25-19(28)13-18-2-1-11-31-18/h1-6,11,14H,7-10,12-13H2,(H,24,25,28). The van der Waals surface area contributed by atoms with Gasteiger partial charge in [-0.3, -0.25) is 14.4 Å². The number of amides is 3. The van der Waals surface area contributed by atoms with Crippen LogP contribution in [-0.4, -0.2) is 58.7 Å². The maximum absolute atomic E-state index is 12.7. The van der Waals surface area contributed by atoms with Gasteiger partial charge in [0.1, 0.15) is 0 Å². The molecule has 3 amide bonds. The van der Waals surface area contributed by atoms with Crippen LogP contribution < -0.4 is 5.32 Å². The molecule has 2 aromatic heterocycles. The van der Waals surface area contributed by atoms with Crippen molar-refractivity contribution in [1.82, 2.24) is 14.8 Å². The summed E-state index contributed by atoms with van der Waals surface area (Å²) in [4.78, 5) is 46.3. The largest absolute Gasteiger partial charge is 0.339 e. The molecular formula is C22H21ClN4O3S2. The van der Waals surface area contributed by atoms with Crippen LogP contribution in [0, 0.1) is 0 Å². The highest BCUT2D eigenvalue weighted by molar-refractivity contribution is 7.14. The lowest BCUT2D eigenvalue weighted by atomic mass is 10.1. The van der Waals surface area contributed by atoms with Gasteiger partial charge in [0.25, 0.3) is 5.91 Å². The molecule has 7 nitrogen and oxygen atoms in total. The Morgan fingerprint density at radius 3 is 2.38 bits per heavy atom. The quantitative estimate of drug-likeness (QED) is 0.575. The lowest BCUT2D eigenvalue weighted by Gasteiger charge is -2.34. The molecule has 0 bridgehead atoms. The number of halogens is 1. The van der Waals surface area contributed by atoms with E-state index in [1.807, 2.05) is 17.5 Å². The summed E-state index contributed by atoms with van der Waals surface area (Å²) in [7, 11) is 0. The smallest absolute Gasteiger partial charge is 0.253 e. The first-order chi connectivity index (χ1) is 15.5. The molecule has 3 heterocycles. The van der Waals surface area contributed by atoms with E-state index in [4.69, 9.17) is 11.6 Å². The Balaban J connectivity index is 1.25. The van der Waals surface area contributed by atoms with Crippen molar-refractivity contribution in [1.29, 1.82) is 0 Å². The highest BCUT2D eigenvalue weighted by atomic mass is 35.5. The molecule has 10 heteroatoms. The van der Waals surface area contributed by atoms with Crippen molar-refractivity contribution >= 4 is 57.1 Å². The molecule has 1 aromatic carbocycles. The van der Waals surface area contributed by atoms with Gasteiger partial charge in [-0.15, -0.1) is 22.7 Å². The number of aromatic nitrogens is 1. The van der Waals surface area contributed by atoms with Crippen molar-refractivity contribution in [3.05, 3.63) is 68.3 Å². The van der Waals surface area contributed by atoms with Crippen LogP contribution in [0.1, 0.15) is 20.9 Å². The van der Waals surface area contributed by atoms with E-state index in [0.717, 1.165) is 4.88 Å². The number of carbonyl (C=O) groups is 3. The van der Waals surface area contributed by atoms with Crippen LogP contribution in [0.2, 0.25) is 5.02 Å². The SMILES string of the molecule is O=C(Cc1cccs1)Nc1nc(CC(=O)N2CCN(C(=O)c3ccc(Cl)cc3)CC2)cs1. The molecule has 1 saturated heterocycles. The van der Waals surface area contributed by atoms with Gasteiger partial charge in [0.2, 0.25) is 11.8 Å². The van der Waals surface area contributed by atoms with Gasteiger partial charge in [-0.05, 0) is 35.7 Å². The summed E-state index contributed by atoms with van der Waals surface area (Å²) >= 11 is 8.73. The third kappa shape index (κ3) is 5.73. The monoisotopic (exact) mass is 488 g/mol. The van der Waals surface area contributed by atoms with Gasteiger partial charge >= 0.3 is 0 Å². The van der Waals surface area contributed by atoms with Gasteiger partial charge < -0.3 is 15.1 Å². The highest BCUT2D eigenvalue weighted by Gasteiger charge is 2.25. The Morgan fingerprint density at radius 1 is 0.969 bits per heavy atom. The Morgan fingerprint density at radius 2 is 1.69 bits per heavy atom. The third-order valence-corrected chi connectivity index (χ3v) is 6.99. The Hall–Kier alpha value is -2.75. The molecule has 3 aromatic rings. The van der Waals surface area contributed by atoms with Gasteiger partial charge in [-0.25, -0.2) is 4.98 Å². The third-order valence-electron chi connectivity index (χ3n) is 5.06. The lowest BCUT2D eigenvalue weighted by Crippen LogP contribution is -2.51. The van der Waals surface area contributed by atoms with Gasteiger partial charge in [-0.2, -0.15) is 0 Å². The fourth-order valence-corrected chi connectivity index (χ4v) is 4.94. The van der Waals surface area contributed by atoms with Crippen molar-refractivity contribution in [2.45, 2.75) is 12.8 Å². The van der Waals surface area contributed by atoms with Crippen molar-refractivity contribution in [2.24, 2.45) is 0 Å². The second kappa shape index (κ2) is 10.2. The number of carbonyl (C=O) groups excluding carboxylic acids is 3. The number of nitrogens with one attached hydrogen (secondary N) is 1. The summed E-state index contributed by atoms with van der Waals surface area (Å²) in [5.41, 5.74) is 1.22. The van der Waals surface area contributed by atoms with Crippen LogP contribution in [0.4, 0.5) is 5.13 Å².